The van der Waals surface area contributed by atoms with Crippen molar-refractivity contribution in [3.63, 3.8) is 0 Å². The predicted octanol–water partition coefficient (Wildman–Crippen LogP) is 1.68. The molecule has 4 N–H and O–H groups in total. The normalized spacial score (nSPS) is 12.2. The van der Waals surface area contributed by atoms with E-state index in [2.05, 4.69) is 15.1 Å². The first-order valence-electron chi connectivity index (χ1n) is 9.91. The van der Waals surface area contributed by atoms with Crippen LogP contribution < -0.4 is 10.0 Å². The maximum Gasteiger partial charge on any atom is 0.328 e. The third-order valence-electron chi connectivity index (χ3n) is 5.09. The van der Waals surface area contributed by atoms with Crippen LogP contribution in [-0.4, -0.2) is 52.9 Å². The topological polar surface area (TPSA) is 151 Å². The molecule has 0 fully saturated rings. The minimum absolute atomic E-state index is 0.133. The number of aliphatic hydroxyl groups is 1. The van der Waals surface area contributed by atoms with Gasteiger partial charge >= 0.3 is 5.97 Å². The maximum absolute atomic E-state index is 12.9. The molecule has 1 atom stereocenters. The van der Waals surface area contributed by atoms with E-state index in [0.717, 1.165) is 5.56 Å². The third kappa shape index (κ3) is 5.21. The highest BCUT2D eigenvalue weighted by Gasteiger charge is 2.24. The molecule has 3 rings (SSSR count). The zero-order valence-corrected chi connectivity index (χ0v) is 19.0. The van der Waals surface area contributed by atoms with Crippen LogP contribution in [0.25, 0.3) is 11.1 Å². The standard InChI is InChI=1S/C22H24N4O6S/c1-13-20(14(2)26(3)24-13)33(31,32)25-18-6-4-5-17(11-18)15-7-9-16(10-8-15)21(28)23-19(12-27)22(29)30/h4-11,19,25,27H,12H2,1-3H3,(H,23,28)(H,29,30)/t19-/m0/s1. The van der Waals surface area contributed by atoms with Gasteiger partial charge in [0.05, 0.1) is 18.0 Å². The van der Waals surface area contributed by atoms with Gasteiger partial charge in [0.2, 0.25) is 0 Å². The number of carbonyl (C=O) groups excluding carboxylic acids is 1. The van der Waals surface area contributed by atoms with Crippen molar-refractivity contribution in [2.24, 2.45) is 7.05 Å². The van der Waals surface area contributed by atoms with Crippen molar-refractivity contribution in [1.82, 2.24) is 15.1 Å². The van der Waals surface area contributed by atoms with Crippen molar-refractivity contribution in [1.29, 1.82) is 0 Å². The minimum Gasteiger partial charge on any atom is -0.480 e. The molecule has 174 valence electrons. The molecule has 1 aromatic heterocycles. The third-order valence-corrected chi connectivity index (χ3v) is 6.73. The first-order chi connectivity index (χ1) is 15.5. The Bertz CT molecular complexity index is 1300. The van der Waals surface area contributed by atoms with Crippen molar-refractivity contribution >= 4 is 27.6 Å². The van der Waals surface area contributed by atoms with Crippen LogP contribution in [0.1, 0.15) is 21.7 Å². The van der Waals surface area contributed by atoms with Crippen LogP contribution in [0.15, 0.2) is 53.4 Å². The molecule has 1 heterocycles. The summed E-state index contributed by atoms with van der Waals surface area (Å²) in [5.41, 5.74) is 2.94. The van der Waals surface area contributed by atoms with Crippen molar-refractivity contribution < 1.29 is 28.2 Å². The number of nitrogens with zero attached hydrogens (tertiary/aromatic N) is 2. The molecular weight excluding hydrogens is 448 g/mol. The number of aliphatic carboxylic acids is 1. The molecule has 0 aliphatic carbocycles. The van der Waals surface area contributed by atoms with E-state index in [1.165, 1.54) is 16.8 Å². The number of aryl methyl sites for hydroxylation is 2. The van der Waals surface area contributed by atoms with E-state index in [4.69, 9.17) is 10.2 Å². The summed E-state index contributed by atoms with van der Waals surface area (Å²) < 4.78 is 29.9. The van der Waals surface area contributed by atoms with Gasteiger partial charge < -0.3 is 15.5 Å². The minimum atomic E-state index is -3.85. The first-order valence-corrected chi connectivity index (χ1v) is 11.4. The quantitative estimate of drug-likeness (QED) is 0.389. The predicted molar refractivity (Wildman–Crippen MR) is 121 cm³/mol. The summed E-state index contributed by atoms with van der Waals surface area (Å²) >= 11 is 0. The largest absolute Gasteiger partial charge is 0.480 e. The molecule has 3 aromatic rings. The number of carbonyl (C=O) groups is 2. The summed E-state index contributed by atoms with van der Waals surface area (Å²) in [7, 11) is -2.17. The van der Waals surface area contributed by atoms with Gasteiger partial charge in [-0.3, -0.25) is 14.2 Å². The lowest BCUT2D eigenvalue weighted by Crippen LogP contribution is -2.43. The zero-order valence-electron chi connectivity index (χ0n) is 18.2. The summed E-state index contributed by atoms with van der Waals surface area (Å²) in [5, 5.41) is 24.4. The number of carboxylic acids is 1. The molecule has 0 saturated carbocycles. The highest BCUT2D eigenvalue weighted by molar-refractivity contribution is 7.92. The highest BCUT2D eigenvalue weighted by Crippen LogP contribution is 2.26. The Morgan fingerprint density at radius 1 is 1.09 bits per heavy atom. The molecule has 0 radical (unpaired) electrons. The smallest absolute Gasteiger partial charge is 0.328 e. The molecule has 0 saturated heterocycles. The second-order valence-electron chi connectivity index (χ2n) is 7.43. The second-order valence-corrected chi connectivity index (χ2v) is 9.05. The van der Waals surface area contributed by atoms with Crippen LogP contribution in [0.3, 0.4) is 0 Å². The van der Waals surface area contributed by atoms with Gasteiger partial charge in [-0.05, 0) is 49.2 Å². The zero-order chi connectivity index (χ0) is 24.3. The number of aliphatic hydroxyl groups excluding tert-OH is 1. The monoisotopic (exact) mass is 472 g/mol. The van der Waals surface area contributed by atoms with E-state index in [1.807, 2.05) is 0 Å². The molecule has 0 spiro atoms. The van der Waals surface area contributed by atoms with Crippen LogP contribution in [0, 0.1) is 13.8 Å². The van der Waals surface area contributed by atoms with E-state index in [1.54, 1.807) is 57.3 Å². The van der Waals surface area contributed by atoms with E-state index in [9.17, 15) is 18.0 Å². The number of hydrogen-bond donors (Lipinski definition) is 4. The lowest BCUT2D eigenvalue weighted by molar-refractivity contribution is -0.140. The van der Waals surface area contributed by atoms with Crippen LogP contribution in [0.5, 0.6) is 0 Å². The summed E-state index contributed by atoms with van der Waals surface area (Å²) in [4.78, 5) is 23.3. The lowest BCUT2D eigenvalue weighted by Gasteiger charge is -2.12. The molecule has 0 bridgehead atoms. The van der Waals surface area contributed by atoms with Gasteiger partial charge in [0.15, 0.2) is 6.04 Å². The molecule has 0 unspecified atom stereocenters. The SMILES string of the molecule is Cc1nn(C)c(C)c1S(=O)(=O)Nc1cccc(-c2ccc(C(=O)N[C@@H](CO)C(=O)O)cc2)c1. The number of carboxylic acid groups (broad SMARTS) is 1. The van der Waals surface area contributed by atoms with E-state index < -0.39 is 34.5 Å². The molecule has 2 aromatic carbocycles. The molecule has 10 nitrogen and oxygen atoms in total. The van der Waals surface area contributed by atoms with Crippen LogP contribution in [0.4, 0.5) is 5.69 Å². The average molecular weight is 473 g/mol. The Morgan fingerprint density at radius 2 is 1.76 bits per heavy atom. The van der Waals surface area contributed by atoms with Crippen molar-refractivity contribution in [3.05, 3.63) is 65.5 Å². The molecule has 0 aliphatic heterocycles. The Hall–Kier alpha value is -3.70. The number of hydrogen-bond acceptors (Lipinski definition) is 6. The second kappa shape index (κ2) is 9.43. The fraction of sp³-hybridized carbons (Fsp3) is 0.227. The number of nitrogens with one attached hydrogen (secondary N) is 2. The van der Waals surface area contributed by atoms with Gasteiger partial charge in [0.25, 0.3) is 15.9 Å². The first kappa shape index (κ1) is 24.0. The Labute approximate surface area is 190 Å². The summed E-state index contributed by atoms with van der Waals surface area (Å²) in [6.45, 7) is 2.59. The van der Waals surface area contributed by atoms with Gasteiger partial charge in [0, 0.05) is 18.3 Å². The van der Waals surface area contributed by atoms with Gasteiger partial charge in [-0.1, -0.05) is 24.3 Å². The summed E-state index contributed by atoms with van der Waals surface area (Å²) in [5.74, 6) is -1.97. The van der Waals surface area contributed by atoms with E-state index >= 15 is 0 Å². The summed E-state index contributed by atoms with van der Waals surface area (Å²) in [6, 6.07) is 11.7. The van der Waals surface area contributed by atoms with Crippen molar-refractivity contribution in [2.45, 2.75) is 24.8 Å². The van der Waals surface area contributed by atoms with E-state index in [0.29, 0.717) is 22.6 Å². The number of rotatable bonds is 8. The van der Waals surface area contributed by atoms with Crippen LogP contribution in [0.2, 0.25) is 0 Å². The molecule has 33 heavy (non-hydrogen) atoms. The molecule has 11 heteroatoms. The number of anilines is 1. The number of benzene rings is 2. The Morgan fingerprint density at radius 3 is 2.30 bits per heavy atom. The van der Waals surface area contributed by atoms with Gasteiger partial charge in [-0.25, -0.2) is 13.2 Å². The highest BCUT2D eigenvalue weighted by atomic mass is 32.2. The molecule has 1 amide bonds. The number of sulfonamides is 1. The average Bonchev–Trinajstić information content (AvgIpc) is 3.03. The fourth-order valence-corrected chi connectivity index (χ4v) is 4.84. The van der Waals surface area contributed by atoms with Crippen molar-refractivity contribution in [3.8, 4) is 11.1 Å². The van der Waals surface area contributed by atoms with Gasteiger partial charge in [-0.2, -0.15) is 5.10 Å². The number of aromatic nitrogens is 2. The van der Waals surface area contributed by atoms with Crippen LogP contribution >= 0.6 is 0 Å². The number of amides is 1. The fourth-order valence-electron chi connectivity index (χ4n) is 3.35. The Balaban J connectivity index is 1.81. The molecular formula is C22H24N4O6S. The van der Waals surface area contributed by atoms with Gasteiger partial charge in [0.1, 0.15) is 4.90 Å². The summed E-state index contributed by atoms with van der Waals surface area (Å²) in [6.07, 6.45) is 0. The lowest BCUT2D eigenvalue weighted by atomic mass is 10.0. The van der Waals surface area contributed by atoms with Gasteiger partial charge in [-0.15, -0.1) is 0 Å². The van der Waals surface area contributed by atoms with Crippen molar-refractivity contribution in [2.75, 3.05) is 11.3 Å². The maximum atomic E-state index is 12.9. The Kier molecular flexibility index (Phi) is 6.84. The van der Waals surface area contributed by atoms with E-state index in [-0.39, 0.29) is 10.5 Å². The molecule has 0 aliphatic rings. The van der Waals surface area contributed by atoms with Crippen LogP contribution in [-0.2, 0) is 21.9 Å².